The standard InChI is InChI=1S/C20H23ClN4O3/c21-15-12-14(13-16-20(15)28-11-10-27-16)5-6-19(26)22-8-7-18-24-23-17-4-2-1-3-9-25(17)18/h5-6,12-13H,1-4,7-11H2,(H,22,26)/b6-5+. The van der Waals surface area contributed by atoms with Crippen LogP contribution in [0.4, 0.5) is 0 Å². The summed E-state index contributed by atoms with van der Waals surface area (Å²) in [5, 5.41) is 11.9. The van der Waals surface area contributed by atoms with E-state index >= 15 is 0 Å². The van der Waals surface area contributed by atoms with Crippen LogP contribution in [0.15, 0.2) is 18.2 Å². The number of halogens is 1. The summed E-state index contributed by atoms with van der Waals surface area (Å²) < 4.78 is 13.3. The van der Waals surface area contributed by atoms with Gasteiger partial charge >= 0.3 is 0 Å². The molecule has 148 valence electrons. The third-order valence-electron chi connectivity index (χ3n) is 4.88. The molecule has 7 nitrogen and oxygen atoms in total. The lowest BCUT2D eigenvalue weighted by molar-refractivity contribution is -0.116. The second kappa shape index (κ2) is 8.65. The summed E-state index contributed by atoms with van der Waals surface area (Å²) in [5.74, 6) is 3.00. The van der Waals surface area contributed by atoms with Crippen molar-refractivity contribution in [3.8, 4) is 11.5 Å². The van der Waals surface area contributed by atoms with Gasteiger partial charge in [0, 0.05) is 32.0 Å². The molecule has 0 saturated heterocycles. The molecule has 2 aliphatic heterocycles. The van der Waals surface area contributed by atoms with Crippen molar-refractivity contribution in [1.82, 2.24) is 20.1 Å². The molecule has 0 bridgehead atoms. The fourth-order valence-electron chi connectivity index (χ4n) is 3.49. The van der Waals surface area contributed by atoms with E-state index in [1.165, 1.54) is 18.9 Å². The molecule has 0 radical (unpaired) electrons. The molecule has 0 aliphatic carbocycles. The van der Waals surface area contributed by atoms with Crippen LogP contribution in [0, 0.1) is 0 Å². The smallest absolute Gasteiger partial charge is 0.244 e. The number of aromatic nitrogens is 3. The zero-order chi connectivity index (χ0) is 19.3. The van der Waals surface area contributed by atoms with E-state index in [9.17, 15) is 4.79 Å². The highest BCUT2D eigenvalue weighted by Gasteiger charge is 2.16. The molecule has 0 unspecified atom stereocenters. The number of aryl methyl sites for hydroxylation is 1. The van der Waals surface area contributed by atoms with Crippen LogP contribution in [0.2, 0.25) is 5.02 Å². The van der Waals surface area contributed by atoms with Crippen LogP contribution in [0.1, 0.15) is 36.5 Å². The van der Waals surface area contributed by atoms with Crippen LogP contribution in [-0.2, 0) is 24.2 Å². The van der Waals surface area contributed by atoms with Crippen LogP contribution in [0.3, 0.4) is 0 Å². The van der Waals surface area contributed by atoms with Gasteiger partial charge in [0.25, 0.3) is 0 Å². The van der Waals surface area contributed by atoms with Gasteiger partial charge in [-0.1, -0.05) is 18.0 Å². The molecule has 1 aromatic carbocycles. The zero-order valence-corrected chi connectivity index (χ0v) is 16.4. The Morgan fingerprint density at radius 3 is 3.04 bits per heavy atom. The molecule has 1 N–H and O–H groups in total. The van der Waals surface area contributed by atoms with E-state index in [4.69, 9.17) is 21.1 Å². The third-order valence-corrected chi connectivity index (χ3v) is 5.16. The largest absolute Gasteiger partial charge is 0.486 e. The highest BCUT2D eigenvalue weighted by Crippen LogP contribution is 2.38. The number of nitrogens with one attached hydrogen (secondary N) is 1. The van der Waals surface area contributed by atoms with Crippen molar-refractivity contribution in [2.75, 3.05) is 19.8 Å². The maximum atomic E-state index is 12.1. The Labute approximate surface area is 168 Å². The molecule has 2 aliphatic rings. The molecule has 0 atom stereocenters. The van der Waals surface area contributed by atoms with Crippen LogP contribution in [-0.4, -0.2) is 40.4 Å². The van der Waals surface area contributed by atoms with Crippen molar-refractivity contribution in [2.45, 2.75) is 38.6 Å². The summed E-state index contributed by atoms with van der Waals surface area (Å²) in [6, 6.07) is 3.57. The topological polar surface area (TPSA) is 78.3 Å². The van der Waals surface area contributed by atoms with E-state index < -0.39 is 0 Å². The van der Waals surface area contributed by atoms with E-state index in [0.29, 0.717) is 42.7 Å². The van der Waals surface area contributed by atoms with Gasteiger partial charge in [-0.25, -0.2) is 0 Å². The average molecular weight is 403 g/mol. The first-order valence-electron chi connectivity index (χ1n) is 9.67. The van der Waals surface area contributed by atoms with Gasteiger partial charge in [0.15, 0.2) is 11.5 Å². The number of nitrogens with zero attached hydrogens (tertiary/aromatic N) is 3. The molecule has 0 saturated carbocycles. The minimum absolute atomic E-state index is 0.165. The monoisotopic (exact) mass is 402 g/mol. The first-order chi connectivity index (χ1) is 13.7. The highest BCUT2D eigenvalue weighted by atomic mass is 35.5. The summed E-state index contributed by atoms with van der Waals surface area (Å²) in [4.78, 5) is 12.1. The lowest BCUT2D eigenvalue weighted by atomic mass is 10.1. The Hall–Kier alpha value is -2.54. The Balaban J connectivity index is 1.31. The molecule has 0 spiro atoms. The van der Waals surface area contributed by atoms with Crippen molar-refractivity contribution in [2.24, 2.45) is 0 Å². The van der Waals surface area contributed by atoms with Gasteiger partial charge < -0.3 is 19.4 Å². The molecule has 4 rings (SSSR count). The Bertz CT molecular complexity index is 894. The van der Waals surface area contributed by atoms with Crippen LogP contribution < -0.4 is 14.8 Å². The minimum atomic E-state index is -0.165. The van der Waals surface area contributed by atoms with Gasteiger partial charge in [0.1, 0.15) is 24.9 Å². The normalized spacial score (nSPS) is 15.9. The number of carbonyl (C=O) groups excluding carboxylic acids is 1. The van der Waals surface area contributed by atoms with Gasteiger partial charge in [-0.3, -0.25) is 4.79 Å². The lowest BCUT2D eigenvalue weighted by Gasteiger charge is -2.19. The molecular formula is C20H23ClN4O3. The molecule has 8 heteroatoms. The molecular weight excluding hydrogens is 380 g/mol. The van der Waals surface area contributed by atoms with E-state index in [-0.39, 0.29) is 5.91 Å². The molecule has 3 heterocycles. The van der Waals surface area contributed by atoms with Crippen molar-refractivity contribution < 1.29 is 14.3 Å². The van der Waals surface area contributed by atoms with Gasteiger partial charge in [0.2, 0.25) is 5.91 Å². The van der Waals surface area contributed by atoms with E-state index in [2.05, 4.69) is 20.1 Å². The number of carbonyl (C=O) groups is 1. The number of amides is 1. The predicted molar refractivity (Wildman–Crippen MR) is 106 cm³/mol. The maximum absolute atomic E-state index is 12.1. The number of rotatable bonds is 5. The number of hydrogen-bond acceptors (Lipinski definition) is 5. The number of fused-ring (bicyclic) bond motifs is 2. The van der Waals surface area contributed by atoms with E-state index in [0.717, 1.165) is 36.6 Å². The first-order valence-corrected chi connectivity index (χ1v) is 10.0. The van der Waals surface area contributed by atoms with Gasteiger partial charge in [-0.05, 0) is 36.6 Å². The quantitative estimate of drug-likeness (QED) is 0.778. The molecule has 1 aromatic heterocycles. The number of benzene rings is 1. The second-order valence-corrected chi connectivity index (χ2v) is 7.30. The Morgan fingerprint density at radius 1 is 1.21 bits per heavy atom. The summed E-state index contributed by atoms with van der Waals surface area (Å²) in [5.41, 5.74) is 0.784. The van der Waals surface area contributed by atoms with Crippen molar-refractivity contribution in [3.63, 3.8) is 0 Å². The van der Waals surface area contributed by atoms with Crippen molar-refractivity contribution in [1.29, 1.82) is 0 Å². The van der Waals surface area contributed by atoms with Gasteiger partial charge in [0.05, 0.1) is 5.02 Å². The molecule has 0 fully saturated rings. The molecule has 28 heavy (non-hydrogen) atoms. The Morgan fingerprint density at radius 2 is 2.11 bits per heavy atom. The number of hydrogen-bond donors (Lipinski definition) is 1. The SMILES string of the molecule is O=C(/C=C/c1cc(Cl)c2c(c1)OCCO2)NCCc1nnc2n1CCCCC2. The average Bonchev–Trinajstić information content (AvgIpc) is 2.93. The van der Waals surface area contributed by atoms with Crippen LogP contribution in [0.25, 0.3) is 6.08 Å². The minimum Gasteiger partial charge on any atom is -0.486 e. The van der Waals surface area contributed by atoms with Crippen LogP contribution >= 0.6 is 11.6 Å². The lowest BCUT2D eigenvalue weighted by Crippen LogP contribution is -2.24. The summed E-state index contributed by atoms with van der Waals surface area (Å²) >= 11 is 6.22. The first kappa shape index (κ1) is 18.8. The van der Waals surface area contributed by atoms with Gasteiger partial charge in [-0.2, -0.15) is 0 Å². The summed E-state index contributed by atoms with van der Waals surface area (Å²) in [7, 11) is 0. The Kier molecular flexibility index (Phi) is 5.81. The van der Waals surface area contributed by atoms with E-state index in [1.54, 1.807) is 12.1 Å². The van der Waals surface area contributed by atoms with E-state index in [1.807, 2.05) is 6.07 Å². The van der Waals surface area contributed by atoms with Crippen LogP contribution in [0.5, 0.6) is 11.5 Å². The maximum Gasteiger partial charge on any atom is 0.244 e. The molecule has 1 amide bonds. The van der Waals surface area contributed by atoms with Crippen molar-refractivity contribution in [3.05, 3.63) is 40.4 Å². The zero-order valence-electron chi connectivity index (χ0n) is 15.6. The van der Waals surface area contributed by atoms with Crippen molar-refractivity contribution >= 4 is 23.6 Å². The van der Waals surface area contributed by atoms with Gasteiger partial charge in [-0.15, -0.1) is 10.2 Å². The highest BCUT2D eigenvalue weighted by molar-refractivity contribution is 6.32. The molecule has 2 aromatic rings. The fourth-order valence-corrected chi connectivity index (χ4v) is 3.76. The second-order valence-electron chi connectivity index (χ2n) is 6.90. The predicted octanol–water partition coefficient (Wildman–Crippen LogP) is 2.80. The third kappa shape index (κ3) is 4.30. The fraction of sp³-hybridized carbons (Fsp3) is 0.450. The number of ether oxygens (including phenoxy) is 2. The summed E-state index contributed by atoms with van der Waals surface area (Å²) in [6.07, 6.45) is 8.42. The summed E-state index contributed by atoms with van der Waals surface area (Å²) in [6.45, 7) is 2.46.